The monoisotopic (exact) mass is 304 g/mol. The summed E-state index contributed by atoms with van der Waals surface area (Å²) in [6.07, 6.45) is 6.86. The van der Waals surface area contributed by atoms with Crippen molar-refractivity contribution in [1.82, 2.24) is 9.55 Å². The van der Waals surface area contributed by atoms with E-state index in [2.05, 4.69) is 36.6 Å². The Bertz CT molecular complexity index is 617. The van der Waals surface area contributed by atoms with Crippen molar-refractivity contribution in [3.63, 3.8) is 0 Å². The Hall–Kier alpha value is -1.02. The van der Waals surface area contributed by atoms with Gasteiger partial charge in [0.25, 0.3) is 0 Å². The SMILES string of the molecule is Cc1cccc2nc(CCl)n(CCC3CCCC(C)C3)c12. The Morgan fingerprint density at radius 3 is 2.95 bits per heavy atom. The summed E-state index contributed by atoms with van der Waals surface area (Å²) in [5.41, 5.74) is 3.66. The van der Waals surface area contributed by atoms with Gasteiger partial charge in [0.15, 0.2) is 0 Å². The van der Waals surface area contributed by atoms with Gasteiger partial charge in [-0.05, 0) is 43.2 Å². The highest BCUT2D eigenvalue weighted by Gasteiger charge is 2.20. The van der Waals surface area contributed by atoms with Gasteiger partial charge in [-0.2, -0.15) is 0 Å². The topological polar surface area (TPSA) is 17.8 Å². The van der Waals surface area contributed by atoms with Crippen molar-refractivity contribution in [2.75, 3.05) is 0 Å². The molecule has 1 heterocycles. The summed E-state index contributed by atoms with van der Waals surface area (Å²) in [5, 5.41) is 0. The molecule has 114 valence electrons. The van der Waals surface area contributed by atoms with Gasteiger partial charge in [0.1, 0.15) is 5.82 Å². The number of aryl methyl sites for hydroxylation is 2. The molecule has 1 aliphatic carbocycles. The standard InChI is InChI=1S/C18H25ClN2/c1-13-5-3-7-15(11-13)9-10-21-17(12-19)20-16-8-4-6-14(2)18(16)21/h4,6,8,13,15H,3,5,7,9-12H2,1-2H3. The summed E-state index contributed by atoms with van der Waals surface area (Å²) in [6.45, 7) is 5.62. The smallest absolute Gasteiger partial charge is 0.124 e. The van der Waals surface area contributed by atoms with E-state index in [0.29, 0.717) is 5.88 Å². The quantitative estimate of drug-likeness (QED) is 0.701. The van der Waals surface area contributed by atoms with Gasteiger partial charge in [-0.15, -0.1) is 11.6 Å². The highest BCUT2D eigenvalue weighted by molar-refractivity contribution is 6.16. The third-order valence-electron chi connectivity index (χ3n) is 4.97. The van der Waals surface area contributed by atoms with Crippen LogP contribution in [0.3, 0.4) is 0 Å². The molecule has 0 bridgehead atoms. The van der Waals surface area contributed by atoms with Crippen LogP contribution >= 0.6 is 11.6 Å². The molecule has 0 saturated heterocycles. The van der Waals surface area contributed by atoms with E-state index in [-0.39, 0.29) is 0 Å². The number of fused-ring (bicyclic) bond motifs is 1. The fourth-order valence-corrected chi connectivity index (χ4v) is 4.09. The molecule has 3 heteroatoms. The molecule has 1 aromatic carbocycles. The van der Waals surface area contributed by atoms with Crippen LogP contribution in [0.4, 0.5) is 0 Å². The maximum Gasteiger partial charge on any atom is 0.124 e. The Labute approximate surface area is 132 Å². The lowest BCUT2D eigenvalue weighted by Gasteiger charge is -2.27. The van der Waals surface area contributed by atoms with Crippen molar-refractivity contribution in [2.24, 2.45) is 11.8 Å². The van der Waals surface area contributed by atoms with E-state index in [1.807, 2.05) is 0 Å². The van der Waals surface area contributed by atoms with Gasteiger partial charge < -0.3 is 4.57 Å². The Kier molecular flexibility index (Phi) is 4.54. The predicted octanol–water partition coefficient (Wildman–Crippen LogP) is 5.30. The van der Waals surface area contributed by atoms with Gasteiger partial charge in [0.2, 0.25) is 0 Å². The molecular weight excluding hydrogens is 280 g/mol. The second-order valence-corrected chi connectivity index (χ2v) is 6.95. The molecule has 0 spiro atoms. The molecule has 0 N–H and O–H groups in total. The van der Waals surface area contributed by atoms with E-state index in [1.54, 1.807) is 0 Å². The summed E-state index contributed by atoms with van der Waals surface area (Å²) >= 11 is 6.12. The van der Waals surface area contributed by atoms with Crippen LogP contribution in [0.25, 0.3) is 11.0 Å². The predicted molar refractivity (Wildman–Crippen MR) is 89.8 cm³/mol. The number of imidazole rings is 1. The molecule has 1 aliphatic rings. The molecule has 2 nitrogen and oxygen atoms in total. The molecule has 0 aliphatic heterocycles. The number of rotatable bonds is 4. The van der Waals surface area contributed by atoms with Crippen molar-refractivity contribution >= 4 is 22.6 Å². The second kappa shape index (κ2) is 6.39. The molecule has 2 atom stereocenters. The minimum Gasteiger partial charge on any atom is -0.327 e. The van der Waals surface area contributed by atoms with E-state index in [0.717, 1.165) is 29.7 Å². The Morgan fingerprint density at radius 2 is 2.19 bits per heavy atom. The minimum absolute atomic E-state index is 0.495. The maximum atomic E-state index is 6.12. The normalized spacial score (nSPS) is 22.8. The van der Waals surface area contributed by atoms with Crippen LogP contribution in [0.5, 0.6) is 0 Å². The van der Waals surface area contributed by atoms with E-state index < -0.39 is 0 Å². The fourth-order valence-electron chi connectivity index (χ4n) is 3.89. The first kappa shape index (κ1) is 14.9. The molecule has 0 amide bonds. The summed E-state index contributed by atoms with van der Waals surface area (Å²) in [4.78, 5) is 4.70. The third kappa shape index (κ3) is 3.11. The van der Waals surface area contributed by atoms with Crippen LogP contribution in [0, 0.1) is 18.8 Å². The molecular formula is C18H25ClN2. The Morgan fingerprint density at radius 1 is 1.33 bits per heavy atom. The van der Waals surface area contributed by atoms with Crippen molar-refractivity contribution in [3.8, 4) is 0 Å². The first-order chi connectivity index (χ1) is 10.2. The van der Waals surface area contributed by atoms with Crippen LogP contribution in [0.1, 0.15) is 50.4 Å². The van der Waals surface area contributed by atoms with Crippen LogP contribution in [0.15, 0.2) is 18.2 Å². The van der Waals surface area contributed by atoms with Crippen LogP contribution in [-0.2, 0) is 12.4 Å². The fraction of sp³-hybridized carbons (Fsp3) is 0.611. The van der Waals surface area contributed by atoms with Gasteiger partial charge in [0.05, 0.1) is 16.9 Å². The molecule has 2 unspecified atom stereocenters. The van der Waals surface area contributed by atoms with E-state index in [9.17, 15) is 0 Å². The molecule has 1 fully saturated rings. The van der Waals surface area contributed by atoms with Gasteiger partial charge >= 0.3 is 0 Å². The van der Waals surface area contributed by atoms with Crippen molar-refractivity contribution in [2.45, 2.75) is 58.4 Å². The average molecular weight is 305 g/mol. The minimum atomic E-state index is 0.495. The van der Waals surface area contributed by atoms with E-state index in [4.69, 9.17) is 16.6 Å². The molecule has 1 saturated carbocycles. The number of nitrogens with zero attached hydrogens (tertiary/aromatic N) is 2. The average Bonchev–Trinajstić information content (AvgIpc) is 2.84. The number of halogens is 1. The molecule has 21 heavy (non-hydrogen) atoms. The lowest BCUT2D eigenvalue weighted by molar-refractivity contribution is 0.261. The molecule has 0 radical (unpaired) electrons. The molecule has 3 rings (SSSR count). The number of alkyl halides is 1. The first-order valence-electron chi connectivity index (χ1n) is 8.19. The number of hydrogen-bond acceptors (Lipinski definition) is 1. The van der Waals surface area contributed by atoms with Crippen LogP contribution < -0.4 is 0 Å². The maximum absolute atomic E-state index is 6.12. The zero-order chi connectivity index (χ0) is 14.8. The second-order valence-electron chi connectivity index (χ2n) is 6.68. The highest BCUT2D eigenvalue weighted by atomic mass is 35.5. The third-order valence-corrected chi connectivity index (χ3v) is 5.21. The lowest BCUT2D eigenvalue weighted by Crippen LogP contribution is -2.16. The molecule has 1 aromatic heterocycles. The zero-order valence-electron chi connectivity index (χ0n) is 13.1. The van der Waals surface area contributed by atoms with E-state index in [1.165, 1.54) is 43.2 Å². The van der Waals surface area contributed by atoms with Gasteiger partial charge in [0, 0.05) is 6.54 Å². The van der Waals surface area contributed by atoms with Gasteiger partial charge in [-0.25, -0.2) is 4.98 Å². The largest absolute Gasteiger partial charge is 0.327 e. The summed E-state index contributed by atoms with van der Waals surface area (Å²) < 4.78 is 2.36. The van der Waals surface area contributed by atoms with Crippen LogP contribution in [0.2, 0.25) is 0 Å². The number of benzene rings is 1. The van der Waals surface area contributed by atoms with Crippen molar-refractivity contribution in [3.05, 3.63) is 29.6 Å². The first-order valence-corrected chi connectivity index (χ1v) is 8.73. The van der Waals surface area contributed by atoms with Crippen molar-refractivity contribution < 1.29 is 0 Å². The van der Waals surface area contributed by atoms with Gasteiger partial charge in [-0.1, -0.05) is 38.3 Å². The molecule has 2 aromatic rings. The number of aromatic nitrogens is 2. The number of hydrogen-bond donors (Lipinski definition) is 0. The van der Waals surface area contributed by atoms with Crippen LogP contribution in [-0.4, -0.2) is 9.55 Å². The highest BCUT2D eigenvalue weighted by Crippen LogP contribution is 2.32. The van der Waals surface area contributed by atoms with E-state index >= 15 is 0 Å². The number of para-hydroxylation sites is 1. The summed E-state index contributed by atoms with van der Waals surface area (Å²) in [5.74, 6) is 3.29. The zero-order valence-corrected chi connectivity index (χ0v) is 13.9. The summed E-state index contributed by atoms with van der Waals surface area (Å²) in [7, 11) is 0. The van der Waals surface area contributed by atoms with Crippen molar-refractivity contribution in [1.29, 1.82) is 0 Å². The Balaban J connectivity index is 1.82. The van der Waals surface area contributed by atoms with Gasteiger partial charge in [-0.3, -0.25) is 0 Å². The summed E-state index contributed by atoms with van der Waals surface area (Å²) in [6, 6.07) is 6.34. The lowest BCUT2D eigenvalue weighted by atomic mass is 9.81.